The fraction of sp³-hybridized carbons (Fsp3) is 0.263. The van der Waals surface area contributed by atoms with Crippen LogP contribution < -0.4 is 19.5 Å². The van der Waals surface area contributed by atoms with Gasteiger partial charge in [0.05, 0.1) is 21.3 Å². The minimum atomic E-state index is -0.259. The van der Waals surface area contributed by atoms with E-state index < -0.39 is 0 Å². The number of carbonyl (C=O) groups excluding carboxylic acids is 1. The molecular formula is C19H22N2O4. The Bertz CT molecular complexity index is 759. The summed E-state index contributed by atoms with van der Waals surface area (Å²) >= 11 is 0. The van der Waals surface area contributed by atoms with E-state index in [0.29, 0.717) is 35.9 Å². The minimum absolute atomic E-state index is 0.259. The van der Waals surface area contributed by atoms with E-state index in [9.17, 15) is 4.79 Å². The molecule has 25 heavy (non-hydrogen) atoms. The van der Waals surface area contributed by atoms with Crippen LogP contribution in [0.25, 0.3) is 0 Å². The molecule has 1 aromatic carbocycles. The van der Waals surface area contributed by atoms with Crippen molar-refractivity contribution in [1.29, 1.82) is 0 Å². The van der Waals surface area contributed by atoms with E-state index in [1.807, 2.05) is 12.1 Å². The first-order valence-electron chi connectivity index (χ1n) is 7.76. The number of benzene rings is 1. The molecule has 1 heterocycles. The first-order chi connectivity index (χ1) is 12.1. The Labute approximate surface area is 147 Å². The minimum Gasteiger partial charge on any atom is -0.493 e. The molecule has 0 radical (unpaired) electrons. The molecule has 0 bridgehead atoms. The maximum Gasteiger partial charge on any atom is 0.257 e. The normalized spacial score (nSPS) is 10.0. The number of hydrogen-bond donors (Lipinski definition) is 1. The molecule has 0 unspecified atom stereocenters. The molecule has 0 saturated heterocycles. The second-order valence-corrected chi connectivity index (χ2v) is 5.23. The lowest BCUT2D eigenvalue weighted by Crippen LogP contribution is -2.23. The van der Waals surface area contributed by atoms with E-state index in [0.717, 1.165) is 11.1 Å². The Morgan fingerprint density at radius 3 is 2.68 bits per heavy atom. The molecule has 1 N–H and O–H groups in total. The lowest BCUT2D eigenvalue weighted by Gasteiger charge is -2.15. The zero-order chi connectivity index (χ0) is 18.2. The molecule has 132 valence electrons. The monoisotopic (exact) mass is 342 g/mol. The molecule has 0 aliphatic carbocycles. The number of pyridine rings is 1. The summed E-state index contributed by atoms with van der Waals surface area (Å²) in [7, 11) is 4.66. The first kappa shape index (κ1) is 18.3. The number of aromatic nitrogens is 1. The molecule has 0 fully saturated rings. The zero-order valence-electron chi connectivity index (χ0n) is 14.7. The summed E-state index contributed by atoms with van der Waals surface area (Å²) in [5.74, 6) is 1.32. The van der Waals surface area contributed by atoms with Crippen LogP contribution in [-0.2, 0) is 13.0 Å². The maximum atomic E-state index is 12.4. The summed E-state index contributed by atoms with van der Waals surface area (Å²) in [5, 5.41) is 2.87. The van der Waals surface area contributed by atoms with Crippen molar-refractivity contribution in [3.05, 3.63) is 59.8 Å². The van der Waals surface area contributed by atoms with Gasteiger partial charge in [-0.15, -0.1) is 6.58 Å². The predicted molar refractivity (Wildman–Crippen MR) is 95.4 cm³/mol. The second-order valence-electron chi connectivity index (χ2n) is 5.23. The van der Waals surface area contributed by atoms with Crippen LogP contribution >= 0.6 is 0 Å². The third-order valence-electron chi connectivity index (χ3n) is 3.64. The van der Waals surface area contributed by atoms with E-state index in [4.69, 9.17) is 14.2 Å². The van der Waals surface area contributed by atoms with Gasteiger partial charge in [-0.25, -0.2) is 4.98 Å². The molecule has 0 aliphatic heterocycles. The Hall–Kier alpha value is -3.02. The van der Waals surface area contributed by atoms with E-state index in [1.54, 1.807) is 38.6 Å². The quantitative estimate of drug-likeness (QED) is 0.747. The molecule has 0 atom stereocenters. The van der Waals surface area contributed by atoms with Gasteiger partial charge in [-0.1, -0.05) is 6.08 Å². The number of methoxy groups -OCH3 is 3. The van der Waals surface area contributed by atoms with Gasteiger partial charge in [0, 0.05) is 18.3 Å². The lowest BCUT2D eigenvalue weighted by atomic mass is 10.1. The number of hydrogen-bond acceptors (Lipinski definition) is 5. The van der Waals surface area contributed by atoms with Gasteiger partial charge in [0.2, 0.25) is 5.88 Å². The van der Waals surface area contributed by atoms with Crippen molar-refractivity contribution in [3.63, 3.8) is 0 Å². The lowest BCUT2D eigenvalue weighted by molar-refractivity contribution is 0.0947. The third-order valence-corrected chi connectivity index (χ3v) is 3.64. The summed E-state index contributed by atoms with van der Waals surface area (Å²) in [5.41, 5.74) is 2.22. The molecule has 0 saturated carbocycles. The highest BCUT2D eigenvalue weighted by molar-refractivity contribution is 5.96. The van der Waals surface area contributed by atoms with Gasteiger partial charge in [-0.3, -0.25) is 4.79 Å². The molecular weight excluding hydrogens is 320 g/mol. The molecule has 1 amide bonds. The Balaban J connectivity index is 2.21. The average Bonchev–Trinajstić information content (AvgIpc) is 2.65. The highest BCUT2D eigenvalue weighted by Crippen LogP contribution is 2.33. The molecule has 0 aliphatic rings. The van der Waals surface area contributed by atoms with Crippen LogP contribution in [0.4, 0.5) is 0 Å². The van der Waals surface area contributed by atoms with Crippen molar-refractivity contribution in [2.75, 3.05) is 21.3 Å². The summed E-state index contributed by atoms with van der Waals surface area (Å²) < 4.78 is 15.9. The number of nitrogens with one attached hydrogen (secondary N) is 1. The van der Waals surface area contributed by atoms with Gasteiger partial charge in [-0.05, 0) is 36.2 Å². The molecule has 2 aromatic rings. The molecule has 0 spiro atoms. The van der Waals surface area contributed by atoms with Crippen LogP contribution in [0.1, 0.15) is 21.5 Å². The third kappa shape index (κ3) is 4.29. The van der Waals surface area contributed by atoms with Gasteiger partial charge < -0.3 is 19.5 Å². The number of allylic oxidation sites excluding steroid dienone is 1. The molecule has 6 nitrogen and oxygen atoms in total. The van der Waals surface area contributed by atoms with Crippen molar-refractivity contribution < 1.29 is 19.0 Å². The topological polar surface area (TPSA) is 69.7 Å². The van der Waals surface area contributed by atoms with Crippen molar-refractivity contribution in [1.82, 2.24) is 10.3 Å². The van der Waals surface area contributed by atoms with Crippen molar-refractivity contribution in [3.8, 4) is 17.4 Å². The van der Waals surface area contributed by atoms with Crippen molar-refractivity contribution in [2.45, 2.75) is 13.0 Å². The van der Waals surface area contributed by atoms with Crippen LogP contribution in [0.3, 0.4) is 0 Å². The number of amides is 1. The number of carbonyl (C=O) groups is 1. The Morgan fingerprint density at radius 2 is 2.04 bits per heavy atom. The van der Waals surface area contributed by atoms with Gasteiger partial charge >= 0.3 is 0 Å². The Kier molecular flexibility index (Phi) is 6.39. The van der Waals surface area contributed by atoms with E-state index in [2.05, 4.69) is 16.9 Å². The summed E-state index contributed by atoms with van der Waals surface area (Å²) in [6, 6.07) is 7.16. The van der Waals surface area contributed by atoms with Gasteiger partial charge in [0.15, 0.2) is 11.5 Å². The van der Waals surface area contributed by atoms with Crippen molar-refractivity contribution in [2.24, 2.45) is 0 Å². The SMILES string of the molecule is C=CCc1cc(CNC(=O)c2cccnc2OC)cc(OC)c1OC. The maximum absolute atomic E-state index is 12.4. The van der Waals surface area contributed by atoms with Crippen molar-refractivity contribution >= 4 is 5.91 Å². The summed E-state index contributed by atoms with van der Waals surface area (Å²) in [4.78, 5) is 16.4. The fourth-order valence-corrected chi connectivity index (χ4v) is 2.52. The second kappa shape index (κ2) is 8.73. The van der Waals surface area contributed by atoms with Crippen LogP contribution in [0.2, 0.25) is 0 Å². The molecule has 1 aromatic heterocycles. The van der Waals surface area contributed by atoms with Gasteiger partial charge in [0.25, 0.3) is 5.91 Å². The first-order valence-corrected chi connectivity index (χ1v) is 7.76. The van der Waals surface area contributed by atoms with E-state index >= 15 is 0 Å². The number of rotatable bonds is 8. The summed E-state index contributed by atoms with van der Waals surface area (Å²) in [6.07, 6.45) is 4.00. The predicted octanol–water partition coefficient (Wildman–Crippen LogP) is 2.77. The van der Waals surface area contributed by atoms with Crippen LogP contribution in [0.15, 0.2) is 43.1 Å². The van der Waals surface area contributed by atoms with Crippen LogP contribution in [0, 0.1) is 0 Å². The smallest absolute Gasteiger partial charge is 0.257 e. The molecule has 6 heteroatoms. The highest BCUT2D eigenvalue weighted by Gasteiger charge is 2.15. The molecule has 2 rings (SSSR count). The zero-order valence-corrected chi connectivity index (χ0v) is 14.7. The highest BCUT2D eigenvalue weighted by atomic mass is 16.5. The largest absolute Gasteiger partial charge is 0.493 e. The average molecular weight is 342 g/mol. The van der Waals surface area contributed by atoms with Gasteiger partial charge in [0.1, 0.15) is 5.56 Å². The number of nitrogens with zero attached hydrogens (tertiary/aromatic N) is 1. The van der Waals surface area contributed by atoms with E-state index in [-0.39, 0.29) is 5.91 Å². The van der Waals surface area contributed by atoms with Crippen LogP contribution in [-0.4, -0.2) is 32.2 Å². The standard InChI is InChI=1S/C19H22N2O4/c1-5-7-14-10-13(11-16(23-2)17(14)24-3)12-21-18(22)15-8-6-9-20-19(15)25-4/h5-6,8-11H,1,7,12H2,2-4H3,(H,21,22). The van der Waals surface area contributed by atoms with Gasteiger partial charge in [-0.2, -0.15) is 0 Å². The number of ether oxygens (including phenoxy) is 3. The fourth-order valence-electron chi connectivity index (χ4n) is 2.52. The van der Waals surface area contributed by atoms with E-state index in [1.165, 1.54) is 7.11 Å². The summed E-state index contributed by atoms with van der Waals surface area (Å²) in [6.45, 7) is 4.10. The van der Waals surface area contributed by atoms with Crippen LogP contribution in [0.5, 0.6) is 17.4 Å². The Morgan fingerprint density at radius 1 is 1.24 bits per heavy atom.